The van der Waals surface area contributed by atoms with Gasteiger partial charge in [0.05, 0.1) is 0 Å². The monoisotopic (exact) mass is 308 g/mol. The molecule has 22 heavy (non-hydrogen) atoms. The van der Waals surface area contributed by atoms with E-state index in [0.717, 1.165) is 44.6 Å². The number of hydrogen-bond acceptors (Lipinski definition) is 4. The maximum atomic E-state index is 12.2. The van der Waals surface area contributed by atoms with Crippen molar-refractivity contribution < 1.29 is 4.79 Å². The Labute approximate surface area is 135 Å². The zero-order valence-corrected chi connectivity index (χ0v) is 14.1. The second-order valence-electron chi connectivity index (χ2n) is 7.50. The number of hydrogen-bond donors (Lipinski definition) is 1. The highest BCUT2D eigenvalue weighted by atomic mass is 16.2. The Kier molecular flexibility index (Phi) is 5.71. The van der Waals surface area contributed by atoms with Crippen molar-refractivity contribution in [1.82, 2.24) is 20.0 Å². The molecule has 0 aromatic carbocycles. The van der Waals surface area contributed by atoms with Gasteiger partial charge in [0.25, 0.3) is 0 Å². The zero-order valence-electron chi connectivity index (χ0n) is 14.1. The van der Waals surface area contributed by atoms with Gasteiger partial charge in [-0.3, -0.25) is 4.79 Å². The van der Waals surface area contributed by atoms with Crippen LogP contribution >= 0.6 is 0 Å². The summed E-state index contributed by atoms with van der Waals surface area (Å²) in [5.74, 6) is 2.13. The van der Waals surface area contributed by atoms with Gasteiger partial charge in [-0.1, -0.05) is 0 Å². The molecule has 126 valence electrons. The summed E-state index contributed by atoms with van der Waals surface area (Å²) in [4.78, 5) is 19.2. The van der Waals surface area contributed by atoms with E-state index in [-0.39, 0.29) is 0 Å². The Bertz CT molecular complexity index is 366. The molecule has 0 aromatic heterocycles. The molecule has 1 saturated carbocycles. The van der Waals surface area contributed by atoms with Crippen LogP contribution in [0.1, 0.15) is 25.7 Å². The summed E-state index contributed by atoms with van der Waals surface area (Å²) in [6.45, 7) is 9.50. The molecule has 5 heteroatoms. The third kappa shape index (κ3) is 4.93. The van der Waals surface area contributed by atoms with E-state index >= 15 is 0 Å². The Morgan fingerprint density at radius 2 is 1.82 bits per heavy atom. The van der Waals surface area contributed by atoms with Crippen LogP contribution in [-0.2, 0) is 4.79 Å². The standard InChI is InChI=1S/C17H32N4O/c1-19(12-15-2-3-15)13-16-4-8-20(14-16)9-5-17(22)21-10-6-18-7-11-21/h15-16,18H,2-14H2,1H3. The molecule has 5 nitrogen and oxygen atoms in total. The molecule has 0 bridgehead atoms. The lowest BCUT2D eigenvalue weighted by molar-refractivity contribution is -0.132. The molecule has 3 fully saturated rings. The molecule has 2 heterocycles. The first-order chi connectivity index (χ1) is 10.7. The zero-order chi connectivity index (χ0) is 15.4. The number of nitrogens with one attached hydrogen (secondary N) is 1. The first-order valence-electron chi connectivity index (χ1n) is 9.10. The second-order valence-corrected chi connectivity index (χ2v) is 7.50. The number of carbonyl (C=O) groups is 1. The van der Waals surface area contributed by atoms with E-state index in [1.54, 1.807) is 0 Å². The van der Waals surface area contributed by atoms with E-state index in [1.807, 2.05) is 4.90 Å². The van der Waals surface area contributed by atoms with Crippen LogP contribution in [0.25, 0.3) is 0 Å². The first kappa shape index (κ1) is 16.2. The van der Waals surface area contributed by atoms with Gasteiger partial charge in [-0.15, -0.1) is 0 Å². The van der Waals surface area contributed by atoms with Gasteiger partial charge in [-0.2, -0.15) is 0 Å². The summed E-state index contributed by atoms with van der Waals surface area (Å²) >= 11 is 0. The Balaban J connectivity index is 1.31. The molecule has 2 aliphatic heterocycles. The van der Waals surface area contributed by atoms with E-state index in [4.69, 9.17) is 0 Å². The quantitative estimate of drug-likeness (QED) is 0.742. The van der Waals surface area contributed by atoms with Gasteiger partial charge in [0.15, 0.2) is 0 Å². The molecular formula is C17H32N4O. The molecule has 0 spiro atoms. The molecular weight excluding hydrogens is 276 g/mol. The lowest BCUT2D eigenvalue weighted by Gasteiger charge is -2.28. The summed E-state index contributed by atoms with van der Waals surface area (Å²) in [5, 5.41) is 3.30. The van der Waals surface area contributed by atoms with Crippen LogP contribution in [-0.4, -0.2) is 86.6 Å². The second kappa shape index (κ2) is 7.75. The van der Waals surface area contributed by atoms with Crippen LogP contribution in [0, 0.1) is 11.8 Å². The highest BCUT2D eigenvalue weighted by molar-refractivity contribution is 5.76. The van der Waals surface area contributed by atoms with Crippen molar-refractivity contribution in [3.05, 3.63) is 0 Å². The lowest BCUT2D eigenvalue weighted by atomic mass is 10.1. The maximum absolute atomic E-state index is 12.2. The van der Waals surface area contributed by atoms with Crippen molar-refractivity contribution in [2.45, 2.75) is 25.7 Å². The maximum Gasteiger partial charge on any atom is 0.223 e. The van der Waals surface area contributed by atoms with Crippen molar-refractivity contribution in [2.75, 3.05) is 66.0 Å². The van der Waals surface area contributed by atoms with Gasteiger partial charge in [-0.25, -0.2) is 0 Å². The highest BCUT2D eigenvalue weighted by Gasteiger charge is 2.27. The van der Waals surface area contributed by atoms with E-state index < -0.39 is 0 Å². The van der Waals surface area contributed by atoms with Crippen molar-refractivity contribution in [1.29, 1.82) is 0 Å². The van der Waals surface area contributed by atoms with Crippen LogP contribution in [0.3, 0.4) is 0 Å². The smallest absolute Gasteiger partial charge is 0.223 e. The van der Waals surface area contributed by atoms with Gasteiger partial charge in [-0.05, 0) is 44.7 Å². The van der Waals surface area contributed by atoms with Crippen LogP contribution in [0.4, 0.5) is 0 Å². The Hall–Kier alpha value is -0.650. The normalized spacial score (nSPS) is 26.8. The largest absolute Gasteiger partial charge is 0.340 e. The van der Waals surface area contributed by atoms with Crippen LogP contribution in [0.5, 0.6) is 0 Å². The molecule has 3 rings (SSSR count). The number of rotatable bonds is 7. The van der Waals surface area contributed by atoms with Crippen molar-refractivity contribution in [3.8, 4) is 0 Å². The minimum atomic E-state index is 0.343. The first-order valence-corrected chi connectivity index (χ1v) is 9.10. The Morgan fingerprint density at radius 3 is 2.55 bits per heavy atom. The van der Waals surface area contributed by atoms with E-state index in [2.05, 4.69) is 22.2 Å². The average molecular weight is 308 g/mol. The number of piperazine rings is 1. The topological polar surface area (TPSA) is 38.8 Å². The SMILES string of the molecule is CN(CC1CC1)CC1CCN(CCC(=O)N2CCNCC2)C1. The number of nitrogens with zero attached hydrogens (tertiary/aromatic N) is 3. The minimum absolute atomic E-state index is 0.343. The average Bonchev–Trinajstić information content (AvgIpc) is 3.23. The van der Waals surface area contributed by atoms with Crippen molar-refractivity contribution >= 4 is 5.91 Å². The van der Waals surface area contributed by atoms with Gasteiger partial charge in [0.1, 0.15) is 0 Å². The fourth-order valence-electron chi connectivity index (χ4n) is 3.85. The number of amides is 1. The lowest BCUT2D eigenvalue weighted by Crippen LogP contribution is -2.47. The highest BCUT2D eigenvalue weighted by Crippen LogP contribution is 2.30. The van der Waals surface area contributed by atoms with E-state index in [0.29, 0.717) is 12.3 Å². The van der Waals surface area contributed by atoms with Crippen molar-refractivity contribution in [2.24, 2.45) is 11.8 Å². The van der Waals surface area contributed by atoms with Crippen molar-refractivity contribution in [3.63, 3.8) is 0 Å². The molecule has 1 atom stereocenters. The van der Waals surface area contributed by atoms with Gasteiger partial charge < -0.3 is 20.0 Å². The molecule has 1 N–H and O–H groups in total. The summed E-state index contributed by atoms with van der Waals surface area (Å²) in [7, 11) is 2.27. The summed E-state index contributed by atoms with van der Waals surface area (Å²) in [5.41, 5.74) is 0. The minimum Gasteiger partial charge on any atom is -0.340 e. The molecule has 1 aliphatic carbocycles. The third-order valence-corrected chi connectivity index (χ3v) is 5.32. The Morgan fingerprint density at radius 1 is 1.09 bits per heavy atom. The van der Waals surface area contributed by atoms with Crippen LogP contribution in [0.2, 0.25) is 0 Å². The molecule has 0 radical (unpaired) electrons. The summed E-state index contributed by atoms with van der Waals surface area (Å²) < 4.78 is 0. The molecule has 2 saturated heterocycles. The van der Waals surface area contributed by atoms with E-state index in [9.17, 15) is 4.79 Å². The molecule has 0 aromatic rings. The van der Waals surface area contributed by atoms with Crippen LogP contribution < -0.4 is 5.32 Å². The number of carbonyl (C=O) groups excluding carboxylic acids is 1. The predicted molar refractivity (Wildman–Crippen MR) is 88.8 cm³/mol. The third-order valence-electron chi connectivity index (χ3n) is 5.32. The fraction of sp³-hybridized carbons (Fsp3) is 0.941. The van der Waals surface area contributed by atoms with E-state index in [1.165, 1.54) is 45.4 Å². The van der Waals surface area contributed by atoms with Gasteiger partial charge in [0.2, 0.25) is 5.91 Å². The molecule has 1 amide bonds. The molecule has 1 unspecified atom stereocenters. The predicted octanol–water partition coefficient (Wildman–Crippen LogP) is 0.472. The van der Waals surface area contributed by atoms with Crippen LogP contribution in [0.15, 0.2) is 0 Å². The fourth-order valence-corrected chi connectivity index (χ4v) is 3.85. The summed E-state index contributed by atoms with van der Waals surface area (Å²) in [6, 6.07) is 0. The van der Waals surface area contributed by atoms with Gasteiger partial charge >= 0.3 is 0 Å². The van der Waals surface area contributed by atoms with Gasteiger partial charge in [0, 0.05) is 58.8 Å². The number of likely N-dealkylation sites (tertiary alicyclic amines) is 1. The molecule has 3 aliphatic rings. The summed E-state index contributed by atoms with van der Waals surface area (Å²) in [6.07, 6.45) is 4.88.